The van der Waals surface area contributed by atoms with E-state index in [4.69, 9.17) is 16.3 Å². The van der Waals surface area contributed by atoms with Gasteiger partial charge in [0.15, 0.2) is 11.6 Å². The van der Waals surface area contributed by atoms with Crippen molar-refractivity contribution >= 4 is 29.5 Å². The molecule has 0 spiro atoms. The number of aryl methyl sites for hydroxylation is 2. The van der Waals surface area contributed by atoms with Crippen molar-refractivity contribution in [1.82, 2.24) is 0 Å². The summed E-state index contributed by atoms with van der Waals surface area (Å²) in [5, 5.41) is 0.710. The maximum absolute atomic E-state index is 11.9. The van der Waals surface area contributed by atoms with Gasteiger partial charge in [-0.3, -0.25) is 0 Å². The molecule has 0 saturated carbocycles. The Morgan fingerprint density at radius 2 is 1.83 bits per heavy atom. The third kappa shape index (κ3) is 3.88. The molecule has 0 bridgehead atoms. The molecular weight excluding hydrogens is 310 g/mol. The van der Waals surface area contributed by atoms with Crippen LogP contribution in [0.2, 0.25) is 5.02 Å². The zero-order valence-corrected chi connectivity index (χ0v) is 13.5. The van der Waals surface area contributed by atoms with E-state index in [-0.39, 0.29) is 5.97 Å². The van der Waals surface area contributed by atoms with Gasteiger partial charge in [-0.2, -0.15) is 0 Å². The van der Waals surface area contributed by atoms with Crippen LogP contribution in [0.15, 0.2) is 59.2 Å². The highest BCUT2D eigenvalue weighted by Gasteiger charge is 2.22. The Morgan fingerprint density at radius 1 is 1.09 bits per heavy atom. The zero-order chi connectivity index (χ0) is 16.2. The van der Waals surface area contributed by atoms with Crippen molar-refractivity contribution in [3.8, 4) is 0 Å². The highest BCUT2D eigenvalue weighted by atomic mass is 35.5. The number of nitrogens with zero attached hydrogens (tertiary/aromatic N) is 1. The lowest BCUT2D eigenvalue weighted by atomic mass is 10.1. The second kappa shape index (κ2) is 6.80. The Morgan fingerprint density at radius 3 is 2.57 bits per heavy atom. The minimum atomic E-state index is -0.389. The van der Waals surface area contributed by atoms with E-state index in [1.165, 1.54) is 0 Å². The summed E-state index contributed by atoms with van der Waals surface area (Å²) < 4.78 is 5.25. The second-order valence-electron chi connectivity index (χ2n) is 5.41. The van der Waals surface area contributed by atoms with Crippen molar-refractivity contribution in [2.24, 2.45) is 4.99 Å². The Labute approximate surface area is 140 Å². The molecule has 3 rings (SSSR count). The molecule has 0 amide bonds. The molecule has 3 nitrogen and oxygen atoms in total. The van der Waals surface area contributed by atoms with Crippen LogP contribution in [0.3, 0.4) is 0 Å². The predicted molar refractivity (Wildman–Crippen MR) is 92.5 cm³/mol. The fourth-order valence-electron chi connectivity index (χ4n) is 2.36. The van der Waals surface area contributed by atoms with Gasteiger partial charge in [-0.15, -0.1) is 0 Å². The molecule has 2 aromatic rings. The fraction of sp³-hybridized carbons (Fsp3) is 0.158. The summed E-state index contributed by atoms with van der Waals surface area (Å²) in [5.41, 5.74) is 3.55. The summed E-state index contributed by atoms with van der Waals surface area (Å²) in [6.07, 6.45) is 3.10. The minimum absolute atomic E-state index is 0.352. The van der Waals surface area contributed by atoms with E-state index >= 15 is 0 Å². The molecule has 0 aromatic heterocycles. The molecule has 0 fully saturated rings. The molecule has 0 aliphatic carbocycles. The first-order chi connectivity index (χ1) is 11.1. The molecule has 116 valence electrons. The summed E-state index contributed by atoms with van der Waals surface area (Å²) in [5.74, 6) is 0.0733. The zero-order valence-electron chi connectivity index (χ0n) is 12.8. The number of hydrogen-bond acceptors (Lipinski definition) is 3. The van der Waals surface area contributed by atoms with Gasteiger partial charge in [0.1, 0.15) is 0 Å². The lowest BCUT2D eigenvalue weighted by Gasteiger charge is -2.00. The van der Waals surface area contributed by atoms with Crippen LogP contribution in [0.4, 0.5) is 0 Å². The molecule has 1 heterocycles. The molecule has 2 aromatic carbocycles. The van der Waals surface area contributed by atoms with E-state index in [9.17, 15) is 4.79 Å². The molecule has 0 unspecified atom stereocenters. The summed E-state index contributed by atoms with van der Waals surface area (Å²) in [4.78, 5) is 16.3. The topological polar surface area (TPSA) is 38.7 Å². The maximum atomic E-state index is 11.9. The van der Waals surface area contributed by atoms with Gasteiger partial charge in [0.2, 0.25) is 0 Å². The van der Waals surface area contributed by atoms with Gasteiger partial charge in [-0.05, 0) is 48.2 Å². The van der Waals surface area contributed by atoms with Crippen LogP contribution in [-0.4, -0.2) is 11.9 Å². The Bertz CT molecular complexity index is 791. The first-order valence-corrected chi connectivity index (χ1v) is 7.81. The highest BCUT2D eigenvalue weighted by Crippen LogP contribution is 2.20. The summed E-state index contributed by atoms with van der Waals surface area (Å²) in [7, 11) is 0. The number of ether oxygens (including phenoxy) is 1. The van der Waals surface area contributed by atoms with Crippen LogP contribution in [0, 0.1) is 6.92 Å². The van der Waals surface area contributed by atoms with Crippen molar-refractivity contribution in [2.75, 3.05) is 0 Å². The van der Waals surface area contributed by atoms with Crippen molar-refractivity contribution in [3.05, 3.63) is 75.9 Å². The van der Waals surface area contributed by atoms with Gasteiger partial charge < -0.3 is 4.74 Å². The van der Waals surface area contributed by atoms with Crippen LogP contribution < -0.4 is 0 Å². The van der Waals surface area contributed by atoms with Gasteiger partial charge in [-0.25, -0.2) is 9.79 Å². The van der Waals surface area contributed by atoms with Crippen LogP contribution in [-0.2, 0) is 16.0 Å². The first kappa shape index (κ1) is 15.5. The van der Waals surface area contributed by atoms with Crippen LogP contribution in [0.5, 0.6) is 0 Å². The molecule has 0 N–H and O–H groups in total. The third-order valence-electron chi connectivity index (χ3n) is 3.69. The average molecular weight is 326 g/mol. The van der Waals surface area contributed by atoms with E-state index < -0.39 is 0 Å². The summed E-state index contributed by atoms with van der Waals surface area (Å²) >= 11 is 5.87. The summed E-state index contributed by atoms with van der Waals surface area (Å²) in [6.45, 7) is 2.00. The monoisotopic (exact) mass is 325 g/mol. The minimum Gasteiger partial charge on any atom is -0.407 e. The highest BCUT2D eigenvalue weighted by molar-refractivity contribution is 6.30. The molecule has 4 heteroatoms. The van der Waals surface area contributed by atoms with E-state index in [1.807, 2.05) is 55.5 Å². The van der Waals surface area contributed by atoms with Gasteiger partial charge in [0, 0.05) is 11.4 Å². The third-order valence-corrected chi connectivity index (χ3v) is 3.94. The van der Waals surface area contributed by atoms with E-state index in [0.29, 0.717) is 23.0 Å². The fourth-order valence-corrected chi connectivity index (χ4v) is 2.48. The van der Waals surface area contributed by atoms with E-state index in [0.717, 1.165) is 23.1 Å². The van der Waals surface area contributed by atoms with E-state index in [1.54, 1.807) is 6.08 Å². The van der Waals surface area contributed by atoms with Crippen molar-refractivity contribution in [2.45, 2.75) is 19.8 Å². The number of rotatable bonds is 4. The largest absolute Gasteiger partial charge is 0.407 e. The number of esters is 1. The lowest BCUT2D eigenvalue weighted by Crippen LogP contribution is -2.05. The predicted octanol–water partition coefficient (Wildman–Crippen LogP) is 4.58. The molecular formula is C19H16ClNO2. The van der Waals surface area contributed by atoms with Gasteiger partial charge >= 0.3 is 5.97 Å². The first-order valence-electron chi connectivity index (χ1n) is 7.43. The van der Waals surface area contributed by atoms with Crippen molar-refractivity contribution in [3.63, 3.8) is 0 Å². The van der Waals surface area contributed by atoms with Gasteiger partial charge in [-0.1, -0.05) is 48.0 Å². The quantitative estimate of drug-likeness (QED) is 0.609. The van der Waals surface area contributed by atoms with Gasteiger partial charge in [0.05, 0.1) is 0 Å². The smallest absolute Gasteiger partial charge is 0.363 e. The number of cyclic esters (lactones) is 1. The molecule has 0 saturated heterocycles. The normalized spacial score (nSPS) is 15.7. The van der Waals surface area contributed by atoms with Gasteiger partial charge in [0.25, 0.3) is 0 Å². The second-order valence-corrected chi connectivity index (χ2v) is 5.84. The maximum Gasteiger partial charge on any atom is 0.363 e. The molecule has 1 aliphatic rings. The number of hydrogen-bond donors (Lipinski definition) is 0. The number of benzene rings is 2. The van der Waals surface area contributed by atoms with Crippen molar-refractivity contribution < 1.29 is 9.53 Å². The average Bonchev–Trinajstić information content (AvgIpc) is 2.89. The SMILES string of the molecule is Cc1ccccc1/C=C1\N=C(CCc2ccc(Cl)cc2)OC1=O. The van der Waals surface area contributed by atoms with E-state index in [2.05, 4.69) is 4.99 Å². The lowest BCUT2D eigenvalue weighted by molar-refractivity contribution is -0.130. The molecule has 23 heavy (non-hydrogen) atoms. The molecule has 0 atom stereocenters. The number of carbonyl (C=O) groups is 1. The van der Waals surface area contributed by atoms with Crippen LogP contribution in [0.1, 0.15) is 23.1 Å². The molecule has 0 radical (unpaired) electrons. The number of aliphatic imine (C=N–C) groups is 1. The number of carbonyl (C=O) groups excluding carboxylic acids is 1. The van der Waals surface area contributed by atoms with Crippen LogP contribution >= 0.6 is 11.6 Å². The number of halogens is 1. The molecule has 1 aliphatic heterocycles. The Balaban J connectivity index is 1.71. The Hall–Kier alpha value is -2.39. The Kier molecular flexibility index (Phi) is 4.58. The van der Waals surface area contributed by atoms with Crippen LogP contribution in [0.25, 0.3) is 6.08 Å². The standard InChI is InChI=1S/C19H16ClNO2/c1-13-4-2-3-5-15(13)12-17-19(22)23-18(21-17)11-8-14-6-9-16(20)10-7-14/h2-7,9-10,12H,8,11H2,1H3/b17-12-. The summed E-state index contributed by atoms with van der Waals surface area (Å²) in [6, 6.07) is 15.5. The van der Waals surface area contributed by atoms with Crippen molar-refractivity contribution in [1.29, 1.82) is 0 Å².